The molecule has 85 heavy (non-hydrogen) atoms. The van der Waals surface area contributed by atoms with Crippen LogP contribution in [-0.2, 0) is 71.1 Å². The van der Waals surface area contributed by atoms with Gasteiger partial charge in [0, 0.05) is 12.4 Å². The van der Waals surface area contributed by atoms with Crippen molar-refractivity contribution in [3.05, 3.63) is 30.1 Å². The summed E-state index contributed by atoms with van der Waals surface area (Å²) in [5.41, 5.74) is -0.0408. The van der Waals surface area contributed by atoms with Gasteiger partial charge in [0.2, 0.25) is 0 Å². The van der Waals surface area contributed by atoms with E-state index in [2.05, 4.69) is 4.98 Å². The van der Waals surface area contributed by atoms with Gasteiger partial charge >= 0.3 is 5.97 Å². The third kappa shape index (κ3) is 13.5. The van der Waals surface area contributed by atoms with E-state index in [1.54, 1.807) is 0 Å². The summed E-state index contributed by atoms with van der Waals surface area (Å²) in [6.45, 7) is -7.32. The molecule has 0 unspecified atom stereocenters. The molecule has 0 radical (unpaired) electrons. The molecule has 0 spiro atoms. The van der Waals surface area contributed by atoms with Gasteiger partial charge in [-0.2, -0.15) is 0 Å². The number of pyridine rings is 1. The molecule has 1 aromatic rings. The molecule has 20 N–H and O–H groups in total. The number of hydrogen-bond donors (Lipinski definition) is 20. The highest BCUT2D eigenvalue weighted by Crippen LogP contribution is 2.39. The zero-order chi connectivity index (χ0) is 61.5. The SMILES string of the molecule is O=C(OC[C@H]1O[C@@H]2O[C@H]3[C@H](O)[C@@H](O)[C@@H](O[C@H]4[C@H](O)[C@@H](O)[C@@H](O[C@H]5[C@H](O)[C@@H](O)[C@@H](O[C@H]6[C@H](O)[C@@H](O)[C@@H](O[C@H]7[C@H](O)[C@@H](O)[C@@H](O[C@H]8[C@H](O)[C@@H](O)[C@@H](O[C@H]1[C@H](O)[C@H]2O)O[C@@H]8CO)O[C@@H]7CO)O[C@@H]6CO)O[C@@H]5CO)O[C@@H]4CO)O[C@@H]3CO)c1ccncc1. The van der Waals surface area contributed by atoms with Crippen LogP contribution in [-0.4, -0.2) is 374 Å². The smallest absolute Gasteiger partial charge is 0.338 e. The maximum atomic E-state index is 13.2. The number of aromatic nitrogens is 1. The van der Waals surface area contributed by atoms with Crippen LogP contribution < -0.4 is 0 Å². The number of carbonyl (C=O) groups excluding carboxylic acids is 1. The van der Waals surface area contributed by atoms with Crippen molar-refractivity contribution in [2.75, 3.05) is 46.2 Å². The Morgan fingerprint density at radius 3 is 0.694 bits per heavy atom. The average molecular weight is 1240 g/mol. The average Bonchev–Trinajstić information content (AvgIpc) is 2.31. The molecule has 21 aliphatic heterocycles. The highest BCUT2D eigenvalue weighted by Gasteiger charge is 2.59. The molecule has 37 heteroatoms. The van der Waals surface area contributed by atoms with E-state index in [9.17, 15) is 107 Å². The molecular formula is C48H73NO36. The Morgan fingerprint density at radius 1 is 0.306 bits per heavy atom. The van der Waals surface area contributed by atoms with Crippen LogP contribution in [0.2, 0.25) is 0 Å². The zero-order valence-corrected chi connectivity index (χ0v) is 44.4. The normalized spacial score (nSPS) is 51.1. The molecule has 0 aliphatic carbocycles. The first-order chi connectivity index (χ1) is 40.6. The van der Waals surface area contributed by atoms with Crippen LogP contribution in [0.1, 0.15) is 10.4 Å². The van der Waals surface area contributed by atoms with E-state index in [-0.39, 0.29) is 5.56 Å². The number of rotatable bonds is 9. The Morgan fingerprint density at radius 2 is 0.494 bits per heavy atom. The summed E-state index contributed by atoms with van der Waals surface area (Å²) in [5, 5.41) is 223. The summed E-state index contributed by atoms with van der Waals surface area (Å²) in [6, 6.07) is 2.55. The maximum Gasteiger partial charge on any atom is 0.338 e. The molecule has 14 bridgehead atoms. The first-order valence-electron chi connectivity index (χ1n) is 27.0. The van der Waals surface area contributed by atoms with Gasteiger partial charge < -0.3 is 173 Å². The predicted octanol–water partition coefficient (Wildman–Crippen LogP) is -14.0. The molecule has 21 aliphatic rings. The lowest BCUT2D eigenvalue weighted by Crippen LogP contribution is -2.68. The van der Waals surface area contributed by atoms with Gasteiger partial charge in [0.1, 0.15) is 178 Å². The summed E-state index contributed by atoms with van der Waals surface area (Å²) >= 11 is 0. The van der Waals surface area contributed by atoms with Gasteiger partial charge in [0.05, 0.1) is 45.2 Å². The Hall–Kier alpha value is -2.74. The minimum Gasteiger partial charge on any atom is -0.459 e. The first-order valence-corrected chi connectivity index (χ1v) is 27.0. The Balaban J connectivity index is 1.02. The van der Waals surface area contributed by atoms with Gasteiger partial charge in [-0.3, -0.25) is 4.98 Å². The van der Waals surface area contributed by atoms with Crippen molar-refractivity contribution in [1.29, 1.82) is 0 Å². The Labute approximate surface area is 479 Å². The van der Waals surface area contributed by atoms with E-state index in [0.717, 1.165) is 0 Å². The van der Waals surface area contributed by atoms with E-state index in [1.807, 2.05) is 0 Å². The fraction of sp³-hybridized carbons (Fsp3) is 0.875. The van der Waals surface area contributed by atoms with Crippen LogP contribution in [0, 0.1) is 0 Å². The van der Waals surface area contributed by atoms with Crippen LogP contribution in [0.3, 0.4) is 0 Å². The summed E-state index contributed by atoms with van der Waals surface area (Å²) in [7, 11) is 0. The van der Waals surface area contributed by atoms with Crippen LogP contribution in [0.25, 0.3) is 0 Å². The summed E-state index contributed by atoms with van der Waals surface area (Å²) in [6.07, 6.45) is -69.2. The molecule has 35 atom stereocenters. The Bertz CT molecular complexity index is 2240. The van der Waals surface area contributed by atoms with E-state index in [0.29, 0.717) is 0 Å². The van der Waals surface area contributed by atoms with Crippen molar-refractivity contribution in [3.63, 3.8) is 0 Å². The Kier molecular flexibility index (Phi) is 22.4. The number of hydrogen-bond acceptors (Lipinski definition) is 37. The van der Waals surface area contributed by atoms with Crippen LogP contribution in [0.15, 0.2) is 24.5 Å². The number of carbonyl (C=O) groups is 1. The quantitative estimate of drug-likeness (QED) is 0.102. The lowest BCUT2D eigenvalue weighted by atomic mass is 9.95. The molecule has 0 saturated carbocycles. The summed E-state index contributed by atoms with van der Waals surface area (Å²) in [5.74, 6) is -1.00. The lowest BCUT2D eigenvalue weighted by Gasteiger charge is -2.50. The molecule has 21 saturated heterocycles. The van der Waals surface area contributed by atoms with Gasteiger partial charge in [-0.05, 0) is 12.1 Å². The fourth-order valence-electron chi connectivity index (χ4n) is 11.1. The van der Waals surface area contributed by atoms with Crippen molar-refractivity contribution >= 4 is 5.97 Å². The second-order valence-electron chi connectivity index (χ2n) is 21.3. The molecule has 1 aromatic heterocycles. The third-order valence-corrected chi connectivity index (χ3v) is 15.9. The zero-order valence-electron chi connectivity index (χ0n) is 44.4. The summed E-state index contributed by atoms with van der Waals surface area (Å²) in [4.78, 5) is 17.0. The van der Waals surface area contributed by atoms with Gasteiger partial charge in [-0.25, -0.2) is 4.79 Å². The molecule has 37 nitrogen and oxygen atoms in total. The molecular weight excluding hydrogens is 1170 g/mol. The number of esters is 1. The van der Waals surface area contributed by atoms with Crippen molar-refractivity contribution in [1.82, 2.24) is 4.98 Å². The predicted molar refractivity (Wildman–Crippen MR) is 256 cm³/mol. The van der Waals surface area contributed by atoms with E-state index < -0.39 is 267 Å². The molecule has 0 aromatic carbocycles. The van der Waals surface area contributed by atoms with E-state index in [4.69, 9.17) is 71.1 Å². The number of aliphatic hydroxyl groups is 20. The van der Waals surface area contributed by atoms with Crippen LogP contribution in [0.4, 0.5) is 0 Å². The molecule has 0 amide bonds. The van der Waals surface area contributed by atoms with Gasteiger partial charge in [0.25, 0.3) is 0 Å². The largest absolute Gasteiger partial charge is 0.459 e. The topological polar surface area (TPSA) is 573 Å². The highest BCUT2D eigenvalue weighted by atomic mass is 16.8. The van der Waals surface area contributed by atoms with Gasteiger partial charge in [0.15, 0.2) is 44.0 Å². The minimum absolute atomic E-state index is 0.0408. The fourth-order valence-corrected chi connectivity index (χ4v) is 11.1. The molecule has 486 valence electrons. The van der Waals surface area contributed by atoms with Gasteiger partial charge in [-0.1, -0.05) is 0 Å². The van der Waals surface area contributed by atoms with Crippen molar-refractivity contribution in [2.45, 2.75) is 215 Å². The van der Waals surface area contributed by atoms with Gasteiger partial charge in [-0.15, -0.1) is 0 Å². The molecule has 22 heterocycles. The molecule has 22 rings (SSSR count). The number of nitrogens with zero attached hydrogens (tertiary/aromatic N) is 1. The molecule has 21 fully saturated rings. The second-order valence-corrected chi connectivity index (χ2v) is 21.3. The van der Waals surface area contributed by atoms with Crippen molar-refractivity contribution in [2.24, 2.45) is 0 Å². The standard InChI is InChI=1S/C48H73NO36/c50-5-13-34-21(57)28(64)43(73-13)81-36-15(7-52)75-45(30(66)23(36)59)83-38-17(9-54)77-47(32(68)25(38)61)85-40-19(11-71-41(70)12-1-3-49-4-2-12)78-48(33(69)26(40)62)84-39-18(10-55)76-46(31(67)24(39)60)82-37-16(8-53)74-44(29(65)22(37)58)80-35-14(6-51)72-42(79-34)27(63)20(35)56/h1-4,13-40,42-48,50-69H,5-11H2/t13-,14-,15-,16-,17-,18-,19-,20-,21-,22-,23-,24-,25-,26-,27-,28-,29-,30-,31-,32-,33-,34-,35-,36-,37-,38-,39-,40-,42-,43-,44-,45-,46-,47-,48-/m1/s1. The third-order valence-electron chi connectivity index (χ3n) is 15.9. The van der Waals surface area contributed by atoms with Crippen LogP contribution >= 0.6 is 0 Å². The van der Waals surface area contributed by atoms with E-state index in [1.165, 1.54) is 24.5 Å². The summed E-state index contributed by atoms with van der Waals surface area (Å²) < 4.78 is 86.1. The minimum atomic E-state index is -2.28. The highest BCUT2D eigenvalue weighted by molar-refractivity contribution is 5.89. The van der Waals surface area contributed by atoms with Crippen molar-refractivity contribution < 1.29 is 178 Å². The second kappa shape index (κ2) is 28.6. The number of aliphatic hydroxyl groups excluding tert-OH is 20. The monoisotopic (exact) mass is 1240 g/mol. The van der Waals surface area contributed by atoms with Crippen molar-refractivity contribution in [3.8, 4) is 0 Å². The first kappa shape index (κ1) is 66.7. The maximum absolute atomic E-state index is 13.2. The van der Waals surface area contributed by atoms with E-state index >= 15 is 0 Å². The lowest BCUT2D eigenvalue weighted by molar-refractivity contribution is -0.396. The number of ether oxygens (including phenoxy) is 15. The van der Waals surface area contributed by atoms with Crippen LogP contribution in [0.5, 0.6) is 0 Å².